The van der Waals surface area contributed by atoms with Crippen LogP contribution in [0.5, 0.6) is 11.5 Å². The van der Waals surface area contributed by atoms with Crippen LogP contribution in [0.2, 0.25) is 19.6 Å². The van der Waals surface area contributed by atoms with Crippen LogP contribution in [-0.4, -0.2) is 22.3 Å². The minimum atomic E-state index is -1.26. The monoisotopic (exact) mass is 302 g/mol. The van der Waals surface area contributed by atoms with Gasteiger partial charge in [0, 0.05) is 23.0 Å². The van der Waals surface area contributed by atoms with Crippen LogP contribution in [0.1, 0.15) is 23.3 Å². The molecular formula is C17H22O3Si. The average Bonchev–Trinajstić information content (AvgIpc) is 2.87. The van der Waals surface area contributed by atoms with E-state index in [1.54, 1.807) is 19.4 Å². The molecule has 1 aromatic rings. The van der Waals surface area contributed by atoms with Gasteiger partial charge in [0.15, 0.2) is 0 Å². The highest BCUT2D eigenvalue weighted by atomic mass is 28.3. The number of hydrogen-bond donors (Lipinski definition) is 0. The van der Waals surface area contributed by atoms with E-state index in [9.17, 15) is 0 Å². The minimum Gasteiger partial charge on any atom is -0.496 e. The molecule has 0 aromatic heterocycles. The fourth-order valence-electron chi connectivity index (χ4n) is 4.28. The summed E-state index contributed by atoms with van der Waals surface area (Å²) in [4.78, 5) is 0. The average molecular weight is 302 g/mol. The molecule has 4 atom stereocenters. The fourth-order valence-corrected chi connectivity index (χ4v) is 6.32. The van der Waals surface area contributed by atoms with E-state index in [1.807, 2.05) is 12.1 Å². The van der Waals surface area contributed by atoms with Crippen LogP contribution in [0.3, 0.4) is 0 Å². The van der Waals surface area contributed by atoms with Crippen molar-refractivity contribution in [2.24, 2.45) is 11.8 Å². The highest BCUT2D eigenvalue weighted by Crippen LogP contribution is 2.68. The van der Waals surface area contributed by atoms with Gasteiger partial charge >= 0.3 is 0 Å². The van der Waals surface area contributed by atoms with Gasteiger partial charge in [-0.2, -0.15) is 0 Å². The number of fused-ring (bicyclic) bond motifs is 8. The van der Waals surface area contributed by atoms with Gasteiger partial charge in [0.25, 0.3) is 0 Å². The number of rotatable bonds is 3. The molecule has 4 rings (SSSR count). The van der Waals surface area contributed by atoms with E-state index in [-0.39, 0.29) is 12.2 Å². The Morgan fingerprint density at radius 1 is 0.952 bits per heavy atom. The van der Waals surface area contributed by atoms with Crippen molar-refractivity contribution < 1.29 is 14.2 Å². The van der Waals surface area contributed by atoms with E-state index in [0.717, 1.165) is 11.5 Å². The van der Waals surface area contributed by atoms with E-state index in [1.165, 1.54) is 11.1 Å². The second-order valence-corrected chi connectivity index (χ2v) is 12.3. The lowest BCUT2D eigenvalue weighted by Gasteiger charge is -2.43. The van der Waals surface area contributed by atoms with E-state index in [4.69, 9.17) is 14.2 Å². The fraction of sp³-hybridized carbons (Fsp3) is 0.529. The van der Waals surface area contributed by atoms with E-state index < -0.39 is 8.07 Å². The zero-order chi connectivity index (χ0) is 14.9. The largest absolute Gasteiger partial charge is 0.496 e. The van der Waals surface area contributed by atoms with Crippen LogP contribution < -0.4 is 9.47 Å². The molecule has 112 valence electrons. The van der Waals surface area contributed by atoms with Crippen molar-refractivity contribution in [3.05, 3.63) is 34.5 Å². The highest BCUT2D eigenvalue weighted by molar-refractivity contribution is 6.83. The van der Waals surface area contributed by atoms with Crippen molar-refractivity contribution in [1.82, 2.24) is 0 Å². The predicted octanol–water partition coefficient (Wildman–Crippen LogP) is 3.88. The molecule has 1 fully saturated rings. The zero-order valence-electron chi connectivity index (χ0n) is 13.3. The summed E-state index contributed by atoms with van der Waals surface area (Å²) in [6.07, 6.45) is 2.79. The summed E-state index contributed by atoms with van der Waals surface area (Å²) < 4.78 is 17.5. The van der Waals surface area contributed by atoms with E-state index in [2.05, 4.69) is 25.7 Å². The van der Waals surface area contributed by atoms with Gasteiger partial charge in [-0.1, -0.05) is 30.9 Å². The van der Waals surface area contributed by atoms with Gasteiger partial charge in [0.2, 0.25) is 0 Å². The Morgan fingerprint density at radius 3 is 2.05 bits per heavy atom. The molecule has 1 aliphatic carbocycles. The number of methoxy groups -OCH3 is 2. The number of ether oxygens (including phenoxy) is 3. The summed E-state index contributed by atoms with van der Waals surface area (Å²) in [5.74, 6) is 2.98. The van der Waals surface area contributed by atoms with Gasteiger partial charge in [0.05, 0.1) is 34.5 Å². The van der Waals surface area contributed by atoms with E-state index >= 15 is 0 Å². The Bertz CT molecular complexity index is 644. The smallest absolute Gasteiger partial charge is 0.125 e. The third-order valence-electron chi connectivity index (χ3n) is 5.20. The zero-order valence-corrected chi connectivity index (χ0v) is 14.3. The summed E-state index contributed by atoms with van der Waals surface area (Å²) in [6.45, 7) is 7.26. The maximum Gasteiger partial charge on any atom is 0.125 e. The lowest BCUT2D eigenvalue weighted by molar-refractivity contribution is 0.0605. The van der Waals surface area contributed by atoms with Crippen molar-refractivity contribution in [3.63, 3.8) is 0 Å². The highest BCUT2D eigenvalue weighted by Gasteiger charge is 2.60. The molecule has 0 radical (unpaired) electrons. The van der Waals surface area contributed by atoms with Gasteiger partial charge in [-0.05, 0) is 12.1 Å². The Hall–Kier alpha value is -1.26. The third-order valence-corrected chi connectivity index (χ3v) is 7.43. The lowest BCUT2D eigenvalue weighted by Crippen LogP contribution is -2.41. The first-order valence-electron chi connectivity index (χ1n) is 7.59. The molecular weight excluding hydrogens is 280 g/mol. The summed E-state index contributed by atoms with van der Waals surface area (Å²) in [5.41, 5.74) is 2.45. The maximum atomic E-state index is 6.35. The second-order valence-electron chi connectivity index (χ2n) is 7.25. The van der Waals surface area contributed by atoms with Gasteiger partial charge in [-0.25, -0.2) is 0 Å². The minimum absolute atomic E-state index is 0.153. The molecule has 0 amide bonds. The third kappa shape index (κ3) is 1.57. The number of hydrogen-bond acceptors (Lipinski definition) is 3. The molecule has 0 saturated carbocycles. The Morgan fingerprint density at radius 2 is 1.52 bits per heavy atom. The van der Waals surface area contributed by atoms with Crippen molar-refractivity contribution in [2.75, 3.05) is 14.2 Å². The standard InChI is InChI=1S/C17H22O3Si/c1-18-10-6-7-11(19-2)15-14(10)16-9-8-12(21(3,4)5)13(9)17(15)20-16/h6-9,13,16-17H,1-5H3/t9-,13-,16-,17+/m0/s1. The van der Waals surface area contributed by atoms with E-state index in [0.29, 0.717) is 11.8 Å². The Kier molecular flexibility index (Phi) is 2.64. The first kappa shape index (κ1) is 13.4. The molecule has 3 aliphatic rings. The van der Waals surface area contributed by atoms with Crippen LogP contribution in [-0.2, 0) is 4.74 Å². The van der Waals surface area contributed by atoms with Gasteiger partial charge in [0.1, 0.15) is 11.5 Å². The SMILES string of the molecule is COc1ccc(OC)c2c1[C@H]1O[C@@H]2[C@@H]2C([Si](C)(C)C)=C[C@@H]21. The predicted molar refractivity (Wildman–Crippen MR) is 84.5 cm³/mol. The quantitative estimate of drug-likeness (QED) is 0.793. The molecule has 0 unspecified atom stereocenters. The van der Waals surface area contributed by atoms with Crippen molar-refractivity contribution in [1.29, 1.82) is 0 Å². The van der Waals surface area contributed by atoms with Crippen molar-refractivity contribution in [2.45, 2.75) is 31.8 Å². The normalized spacial score (nSPS) is 32.1. The number of benzene rings is 1. The van der Waals surface area contributed by atoms with Gasteiger partial charge in [-0.15, -0.1) is 0 Å². The van der Waals surface area contributed by atoms with Crippen LogP contribution in [0, 0.1) is 11.8 Å². The molecule has 2 heterocycles. The summed E-state index contributed by atoms with van der Waals surface area (Å²) in [7, 11) is 2.21. The van der Waals surface area contributed by atoms with Crippen molar-refractivity contribution in [3.8, 4) is 11.5 Å². The van der Waals surface area contributed by atoms with Gasteiger partial charge in [-0.3, -0.25) is 0 Å². The first-order chi connectivity index (χ1) is 9.97. The molecule has 3 nitrogen and oxygen atoms in total. The topological polar surface area (TPSA) is 27.7 Å². The summed E-state index contributed by atoms with van der Waals surface area (Å²) in [6, 6.07) is 4.01. The molecule has 21 heavy (non-hydrogen) atoms. The molecule has 1 saturated heterocycles. The second kappa shape index (κ2) is 4.14. The molecule has 4 heteroatoms. The van der Waals surface area contributed by atoms with Crippen LogP contribution in [0.15, 0.2) is 23.4 Å². The Labute approximate surface area is 126 Å². The van der Waals surface area contributed by atoms with Gasteiger partial charge < -0.3 is 14.2 Å². The molecule has 0 N–H and O–H groups in total. The lowest BCUT2D eigenvalue weighted by atomic mass is 9.69. The van der Waals surface area contributed by atoms with Crippen molar-refractivity contribution >= 4 is 8.07 Å². The van der Waals surface area contributed by atoms with Crippen LogP contribution >= 0.6 is 0 Å². The Balaban J connectivity index is 1.83. The molecule has 2 bridgehead atoms. The van der Waals surface area contributed by atoms with Crippen LogP contribution in [0.25, 0.3) is 0 Å². The first-order valence-corrected chi connectivity index (χ1v) is 11.1. The molecule has 1 aromatic carbocycles. The summed E-state index contributed by atoms with van der Waals surface area (Å²) >= 11 is 0. The van der Waals surface area contributed by atoms with Crippen LogP contribution in [0.4, 0.5) is 0 Å². The summed E-state index contributed by atoms with van der Waals surface area (Å²) in [5, 5.41) is 1.66. The molecule has 2 aliphatic heterocycles. The maximum absolute atomic E-state index is 6.35. The molecule has 0 spiro atoms.